The number of nitrogens with zero attached hydrogens (tertiary/aromatic N) is 1. The van der Waals surface area contributed by atoms with Crippen molar-refractivity contribution in [2.24, 2.45) is 0 Å². The first kappa shape index (κ1) is 20.0. The normalized spacial score (nSPS) is 14.8. The van der Waals surface area contributed by atoms with Crippen LogP contribution in [-0.4, -0.2) is 48.8 Å². The molecule has 0 atom stereocenters. The van der Waals surface area contributed by atoms with Crippen molar-refractivity contribution in [2.45, 2.75) is 11.2 Å². The number of hydrogen-bond donors (Lipinski definition) is 4. The fourth-order valence-corrected chi connectivity index (χ4v) is 3.76. The van der Waals surface area contributed by atoms with Crippen LogP contribution in [0.3, 0.4) is 0 Å². The second kappa shape index (κ2) is 7.19. The molecule has 0 fully saturated rings. The van der Waals surface area contributed by atoms with Crippen molar-refractivity contribution < 1.29 is 36.6 Å². The average molecular weight is 440 g/mol. The van der Waals surface area contributed by atoms with Crippen LogP contribution in [0.25, 0.3) is 11.0 Å². The summed E-state index contributed by atoms with van der Waals surface area (Å²) in [6.45, 7) is -0.478. The van der Waals surface area contributed by atoms with Gasteiger partial charge in [-0.05, 0) is 24.3 Å². The maximum absolute atomic E-state index is 13.1. The van der Waals surface area contributed by atoms with Gasteiger partial charge in [0.15, 0.2) is 11.5 Å². The van der Waals surface area contributed by atoms with Gasteiger partial charge in [0.1, 0.15) is 0 Å². The second-order valence-corrected chi connectivity index (χ2v) is 7.94. The number of carbonyl (C=O) groups excluding carboxylic acids is 1. The van der Waals surface area contributed by atoms with E-state index in [9.17, 15) is 22.0 Å². The fourth-order valence-electron chi connectivity index (χ4n) is 2.74. The Morgan fingerprint density at radius 2 is 1.83 bits per heavy atom. The first-order valence-corrected chi connectivity index (χ1v) is 9.97. The lowest BCUT2D eigenvalue weighted by atomic mass is 10.2. The average Bonchev–Trinajstić information content (AvgIpc) is 3.21. The minimum atomic E-state index is -3.79. The van der Waals surface area contributed by atoms with Gasteiger partial charge in [-0.2, -0.15) is 0 Å². The summed E-state index contributed by atoms with van der Waals surface area (Å²) in [6.07, 6.45) is -3.74. The summed E-state index contributed by atoms with van der Waals surface area (Å²) in [5, 5.41) is 11.2. The Kier molecular flexibility index (Phi) is 4.80. The number of rotatable bonds is 6. The fraction of sp³-hybridized carbons (Fsp3) is 0.176. The van der Waals surface area contributed by atoms with Gasteiger partial charge in [-0.3, -0.25) is 10.1 Å². The van der Waals surface area contributed by atoms with Crippen molar-refractivity contribution in [1.82, 2.24) is 14.7 Å². The number of fused-ring (bicyclic) bond motifs is 2. The number of halogens is 2. The highest BCUT2D eigenvalue weighted by Gasteiger charge is 2.43. The van der Waals surface area contributed by atoms with Crippen molar-refractivity contribution in [2.75, 3.05) is 18.5 Å². The van der Waals surface area contributed by atoms with E-state index in [0.717, 1.165) is 0 Å². The van der Waals surface area contributed by atoms with Gasteiger partial charge < -0.3 is 19.6 Å². The largest absolute Gasteiger partial charge is 0.586 e. The molecule has 2 aromatic carbocycles. The number of anilines is 1. The number of carbonyl (C=O) groups is 1. The predicted octanol–water partition coefficient (Wildman–Crippen LogP) is 1.41. The van der Waals surface area contributed by atoms with Crippen molar-refractivity contribution >= 4 is 32.9 Å². The van der Waals surface area contributed by atoms with E-state index in [0.29, 0.717) is 5.52 Å². The lowest BCUT2D eigenvalue weighted by Gasteiger charge is -2.06. The molecule has 3 aromatic rings. The van der Waals surface area contributed by atoms with Crippen LogP contribution >= 0.6 is 0 Å². The highest BCUT2D eigenvalue weighted by Crippen LogP contribution is 2.42. The van der Waals surface area contributed by atoms with E-state index in [1.54, 1.807) is 0 Å². The van der Waals surface area contributed by atoms with Crippen LogP contribution in [0.5, 0.6) is 11.5 Å². The Bertz CT molecular complexity index is 1180. The number of aliphatic hydroxyl groups excluding tert-OH is 1. The third-order valence-corrected chi connectivity index (χ3v) is 5.54. The minimum absolute atomic E-state index is 0.0479. The quantitative estimate of drug-likeness (QED) is 0.454. The van der Waals surface area contributed by atoms with Crippen LogP contribution in [0.1, 0.15) is 10.4 Å². The monoisotopic (exact) mass is 440 g/mol. The van der Waals surface area contributed by atoms with Crippen LogP contribution in [-0.2, 0) is 10.0 Å². The summed E-state index contributed by atoms with van der Waals surface area (Å²) in [6, 6.07) is 7.62. The molecule has 0 unspecified atom stereocenters. The first-order valence-electron chi connectivity index (χ1n) is 8.48. The molecule has 30 heavy (non-hydrogen) atoms. The summed E-state index contributed by atoms with van der Waals surface area (Å²) < 4.78 is 61.1. The number of hydrogen-bond acceptors (Lipinski definition) is 7. The number of nitrogens with one attached hydrogen (secondary N) is 3. The van der Waals surface area contributed by atoms with Crippen molar-refractivity contribution in [3.8, 4) is 11.5 Å². The van der Waals surface area contributed by atoms with Gasteiger partial charge in [0.05, 0.1) is 22.5 Å². The summed E-state index contributed by atoms with van der Waals surface area (Å²) in [5.41, 5.74) is 0.758. The maximum Gasteiger partial charge on any atom is 0.586 e. The zero-order chi connectivity index (χ0) is 21.5. The molecule has 1 aliphatic rings. The van der Waals surface area contributed by atoms with E-state index in [-0.39, 0.29) is 46.6 Å². The molecule has 0 radical (unpaired) electrons. The van der Waals surface area contributed by atoms with Crippen molar-refractivity contribution in [1.29, 1.82) is 0 Å². The topological polar surface area (TPSA) is 143 Å². The SMILES string of the molecule is O=C(Nc1nc2cc3c(cc2[nH]1)OC(F)(F)O3)c1ccc(S(=O)(=O)NCCO)cc1. The summed E-state index contributed by atoms with van der Waals surface area (Å²) in [4.78, 5) is 19.2. The minimum Gasteiger partial charge on any atom is -0.395 e. The molecular weight excluding hydrogens is 426 g/mol. The molecule has 0 saturated carbocycles. The van der Waals surface area contributed by atoms with Crippen LogP contribution in [0, 0.1) is 0 Å². The van der Waals surface area contributed by atoms with Crippen LogP contribution in [0.15, 0.2) is 41.3 Å². The van der Waals surface area contributed by atoms with Crippen molar-refractivity contribution in [3.63, 3.8) is 0 Å². The van der Waals surface area contributed by atoms with Gasteiger partial charge >= 0.3 is 6.29 Å². The third kappa shape index (κ3) is 3.90. The predicted molar refractivity (Wildman–Crippen MR) is 99.0 cm³/mol. The zero-order valence-corrected chi connectivity index (χ0v) is 15.8. The molecule has 0 aliphatic carbocycles. The molecule has 0 saturated heterocycles. The lowest BCUT2D eigenvalue weighted by Crippen LogP contribution is -2.26. The lowest BCUT2D eigenvalue weighted by molar-refractivity contribution is -0.286. The Labute approximate surface area is 167 Å². The Hall–Kier alpha value is -3.29. The molecule has 1 aliphatic heterocycles. The van der Waals surface area contributed by atoms with E-state index in [1.165, 1.54) is 36.4 Å². The highest BCUT2D eigenvalue weighted by molar-refractivity contribution is 7.89. The molecule has 158 valence electrons. The van der Waals surface area contributed by atoms with E-state index < -0.39 is 22.2 Å². The van der Waals surface area contributed by atoms with E-state index in [1.807, 2.05) is 0 Å². The van der Waals surface area contributed by atoms with E-state index in [4.69, 9.17) is 5.11 Å². The standard InChI is InChI=1S/C17H14F2N4O6S/c18-17(19)28-13-7-11-12(8-14(13)29-17)22-16(21-11)23-15(25)9-1-3-10(4-2-9)30(26,27)20-5-6-24/h1-4,7-8,20,24H,5-6H2,(H2,21,22,23,25). The number of sulfonamides is 1. The van der Waals surface area contributed by atoms with Gasteiger partial charge in [-0.15, -0.1) is 8.78 Å². The third-order valence-electron chi connectivity index (χ3n) is 4.07. The van der Waals surface area contributed by atoms with E-state index in [2.05, 4.69) is 29.5 Å². The summed E-state index contributed by atoms with van der Waals surface area (Å²) in [5.74, 6) is -0.872. The van der Waals surface area contributed by atoms with E-state index >= 15 is 0 Å². The maximum atomic E-state index is 13.1. The number of imidazole rings is 1. The Balaban J connectivity index is 1.50. The summed E-state index contributed by atoms with van der Waals surface area (Å²) >= 11 is 0. The number of alkyl halides is 2. The van der Waals surface area contributed by atoms with Crippen LogP contribution in [0.4, 0.5) is 14.7 Å². The Morgan fingerprint density at radius 1 is 1.17 bits per heavy atom. The smallest absolute Gasteiger partial charge is 0.395 e. The number of aromatic nitrogens is 2. The number of aliphatic hydroxyl groups is 1. The molecule has 1 aromatic heterocycles. The molecule has 4 rings (SSSR count). The van der Waals surface area contributed by atoms with Gasteiger partial charge in [-0.25, -0.2) is 18.1 Å². The molecule has 13 heteroatoms. The number of ether oxygens (including phenoxy) is 2. The van der Waals surface area contributed by atoms with Gasteiger partial charge in [-0.1, -0.05) is 0 Å². The first-order chi connectivity index (χ1) is 14.2. The highest BCUT2D eigenvalue weighted by atomic mass is 32.2. The summed E-state index contributed by atoms with van der Waals surface area (Å²) in [7, 11) is -3.79. The second-order valence-electron chi connectivity index (χ2n) is 6.17. The molecule has 1 amide bonds. The van der Waals surface area contributed by atoms with Gasteiger partial charge in [0, 0.05) is 24.2 Å². The number of H-pyrrole nitrogens is 1. The number of amides is 1. The molecule has 0 bridgehead atoms. The van der Waals surface area contributed by atoms with Crippen LogP contribution in [0.2, 0.25) is 0 Å². The molecule has 0 spiro atoms. The van der Waals surface area contributed by atoms with Gasteiger partial charge in [0.25, 0.3) is 5.91 Å². The molecular formula is C17H14F2N4O6S. The number of aromatic amines is 1. The number of benzene rings is 2. The molecule has 10 nitrogen and oxygen atoms in total. The molecule has 4 N–H and O–H groups in total. The van der Waals surface area contributed by atoms with Gasteiger partial charge in [0.2, 0.25) is 16.0 Å². The van der Waals surface area contributed by atoms with Crippen LogP contribution < -0.4 is 19.5 Å². The zero-order valence-electron chi connectivity index (χ0n) is 15.0. The van der Waals surface area contributed by atoms with Crippen molar-refractivity contribution in [3.05, 3.63) is 42.0 Å². The Morgan fingerprint density at radius 3 is 2.50 bits per heavy atom. The molecule has 2 heterocycles.